The van der Waals surface area contributed by atoms with E-state index in [1.807, 2.05) is 24.3 Å². The SMILES string of the molecule is CC1CCN(CCCCCCOc2cccc(Cl)c2)CC1.O=C(O)C(=O)O. The van der Waals surface area contributed by atoms with Gasteiger partial charge in [-0.1, -0.05) is 37.4 Å². The highest BCUT2D eigenvalue weighted by Gasteiger charge is 2.14. The minimum atomic E-state index is -1.82. The van der Waals surface area contributed by atoms with Crippen molar-refractivity contribution >= 4 is 23.5 Å². The zero-order chi connectivity index (χ0) is 20.1. The molecule has 2 rings (SSSR count). The molecule has 1 fully saturated rings. The van der Waals surface area contributed by atoms with Gasteiger partial charge < -0.3 is 19.8 Å². The van der Waals surface area contributed by atoms with Gasteiger partial charge in [-0.3, -0.25) is 0 Å². The number of carbonyl (C=O) groups is 2. The number of hydrogen-bond donors (Lipinski definition) is 2. The summed E-state index contributed by atoms with van der Waals surface area (Å²) >= 11 is 5.92. The topological polar surface area (TPSA) is 87.1 Å². The molecule has 1 aliphatic rings. The summed E-state index contributed by atoms with van der Waals surface area (Å²) in [7, 11) is 0. The monoisotopic (exact) mass is 399 g/mol. The van der Waals surface area contributed by atoms with Crippen molar-refractivity contribution in [2.24, 2.45) is 5.92 Å². The normalized spacial score (nSPS) is 14.9. The number of ether oxygens (including phenoxy) is 1. The summed E-state index contributed by atoms with van der Waals surface area (Å²) in [6.07, 6.45) is 7.78. The van der Waals surface area contributed by atoms with E-state index in [4.69, 9.17) is 36.1 Å². The summed E-state index contributed by atoms with van der Waals surface area (Å²) in [5, 5.41) is 15.5. The Morgan fingerprint density at radius 1 is 1.11 bits per heavy atom. The molecule has 1 saturated heterocycles. The summed E-state index contributed by atoms with van der Waals surface area (Å²) in [5.74, 6) is -1.83. The third-order valence-electron chi connectivity index (χ3n) is 4.49. The van der Waals surface area contributed by atoms with Gasteiger partial charge in [-0.15, -0.1) is 0 Å². The standard InChI is InChI=1S/C18H28ClNO.C2H2O4/c1-16-9-12-20(13-10-16)11-4-2-3-5-14-21-18-8-6-7-17(19)15-18;3-1(4)2(5)6/h6-8,15-16H,2-5,9-14H2,1H3;(H,3,4)(H,5,6). The zero-order valence-corrected chi connectivity index (χ0v) is 16.7. The largest absolute Gasteiger partial charge is 0.494 e. The highest BCUT2D eigenvalue weighted by molar-refractivity contribution is 6.30. The highest BCUT2D eigenvalue weighted by atomic mass is 35.5. The summed E-state index contributed by atoms with van der Waals surface area (Å²) in [6, 6.07) is 7.63. The minimum absolute atomic E-state index is 0.739. The van der Waals surface area contributed by atoms with Crippen molar-refractivity contribution in [3.05, 3.63) is 29.3 Å². The molecule has 0 bridgehead atoms. The number of benzene rings is 1. The Labute approximate surface area is 166 Å². The van der Waals surface area contributed by atoms with Gasteiger partial charge in [0.15, 0.2) is 0 Å². The number of halogens is 1. The number of piperidine rings is 1. The molecule has 7 heteroatoms. The lowest BCUT2D eigenvalue weighted by Crippen LogP contribution is -2.33. The van der Waals surface area contributed by atoms with Crippen LogP contribution >= 0.6 is 11.6 Å². The molecule has 152 valence electrons. The van der Waals surface area contributed by atoms with Gasteiger partial charge in [-0.2, -0.15) is 0 Å². The van der Waals surface area contributed by atoms with Crippen molar-refractivity contribution in [3.63, 3.8) is 0 Å². The maximum absolute atomic E-state index is 9.10. The maximum atomic E-state index is 9.10. The van der Waals surface area contributed by atoms with Gasteiger partial charge in [0.1, 0.15) is 5.75 Å². The second-order valence-corrected chi connectivity index (χ2v) is 7.29. The van der Waals surface area contributed by atoms with E-state index in [-0.39, 0.29) is 0 Å². The van der Waals surface area contributed by atoms with Crippen LogP contribution in [0.1, 0.15) is 45.4 Å². The molecule has 0 amide bonds. The molecule has 0 saturated carbocycles. The highest BCUT2D eigenvalue weighted by Crippen LogP contribution is 2.18. The Hall–Kier alpha value is -1.79. The molecule has 0 unspecified atom stereocenters. The minimum Gasteiger partial charge on any atom is -0.494 e. The number of nitrogens with zero attached hydrogens (tertiary/aromatic N) is 1. The number of carboxylic acid groups (broad SMARTS) is 2. The molecule has 0 aromatic heterocycles. The van der Waals surface area contributed by atoms with Crippen molar-refractivity contribution in [2.45, 2.75) is 45.4 Å². The van der Waals surface area contributed by atoms with E-state index >= 15 is 0 Å². The Morgan fingerprint density at radius 2 is 1.74 bits per heavy atom. The van der Waals surface area contributed by atoms with Crippen LogP contribution in [0.3, 0.4) is 0 Å². The predicted molar refractivity (Wildman–Crippen MR) is 106 cm³/mol. The summed E-state index contributed by atoms with van der Waals surface area (Å²) in [6.45, 7) is 7.05. The van der Waals surface area contributed by atoms with Gasteiger partial charge in [0.25, 0.3) is 0 Å². The lowest BCUT2D eigenvalue weighted by Gasteiger charge is -2.30. The Kier molecular flexibility index (Phi) is 11.5. The van der Waals surface area contributed by atoms with Gasteiger partial charge in [0.05, 0.1) is 6.61 Å². The number of aliphatic carboxylic acids is 2. The van der Waals surface area contributed by atoms with Gasteiger partial charge in [0, 0.05) is 5.02 Å². The smallest absolute Gasteiger partial charge is 0.414 e. The molecule has 6 nitrogen and oxygen atoms in total. The van der Waals surface area contributed by atoms with E-state index in [1.165, 1.54) is 51.7 Å². The summed E-state index contributed by atoms with van der Waals surface area (Å²) in [4.78, 5) is 20.8. The Morgan fingerprint density at radius 3 is 2.33 bits per heavy atom. The van der Waals surface area contributed by atoms with Crippen LogP contribution in [0.15, 0.2) is 24.3 Å². The molecular weight excluding hydrogens is 370 g/mol. The van der Waals surface area contributed by atoms with Gasteiger partial charge in [-0.25, -0.2) is 9.59 Å². The van der Waals surface area contributed by atoms with Crippen molar-refractivity contribution in [1.29, 1.82) is 0 Å². The fraction of sp³-hybridized carbons (Fsp3) is 0.600. The number of unbranched alkanes of at least 4 members (excludes halogenated alkanes) is 3. The number of carboxylic acids is 2. The third kappa shape index (κ3) is 11.5. The molecule has 0 aliphatic carbocycles. The number of rotatable bonds is 8. The number of hydrogen-bond acceptors (Lipinski definition) is 4. The third-order valence-corrected chi connectivity index (χ3v) is 4.73. The molecule has 27 heavy (non-hydrogen) atoms. The van der Waals surface area contributed by atoms with E-state index in [1.54, 1.807) is 0 Å². The predicted octanol–water partition coefficient (Wildman–Crippen LogP) is 4.17. The molecule has 0 radical (unpaired) electrons. The first-order valence-electron chi connectivity index (χ1n) is 9.45. The van der Waals surface area contributed by atoms with E-state index in [9.17, 15) is 0 Å². The second kappa shape index (κ2) is 13.4. The fourth-order valence-electron chi connectivity index (χ4n) is 2.82. The zero-order valence-electron chi connectivity index (χ0n) is 15.9. The van der Waals surface area contributed by atoms with Crippen LogP contribution in [-0.2, 0) is 9.59 Å². The van der Waals surface area contributed by atoms with Gasteiger partial charge >= 0.3 is 11.9 Å². The second-order valence-electron chi connectivity index (χ2n) is 6.85. The van der Waals surface area contributed by atoms with Crippen LogP contribution in [0.5, 0.6) is 5.75 Å². The van der Waals surface area contributed by atoms with E-state index in [0.717, 1.165) is 29.7 Å². The summed E-state index contributed by atoms with van der Waals surface area (Å²) in [5.41, 5.74) is 0. The van der Waals surface area contributed by atoms with E-state index in [0.29, 0.717) is 0 Å². The molecule has 1 aromatic carbocycles. The maximum Gasteiger partial charge on any atom is 0.414 e. The van der Waals surface area contributed by atoms with Crippen LogP contribution in [0.4, 0.5) is 0 Å². The van der Waals surface area contributed by atoms with Crippen molar-refractivity contribution in [1.82, 2.24) is 4.90 Å². The quantitative estimate of drug-likeness (QED) is 0.504. The lowest BCUT2D eigenvalue weighted by molar-refractivity contribution is -0.159. The molecule has 0 atom stereocenters. The molecule has 1 aliphatic heterocycles. The lowest BCUT2D eigenvalue weighted by atomic mass is 9.99. The molecule has 1 aromatic rings. The van der Waals surface area contributed by atoms with Crippen LogP contribution in [0.2, 0.25) is 5.02 Å². The average molecular weight is 400 g/mol. The molecular formula is C20H30ClNO5. The van der Waals surface area contributed by atoms with Crippen molar-refractivity contribution in [2.75, 3.05) is 26.2 Å². The first-order chi connectivity index (χ1) is 12.9. The van der Waals surface area contributed by atoms with Crippen molar-refractivity contribution in [3.8, 4) is 5.75 Å². The molecule has 1 heterocycles. The Bertz CT molecular complexity index is 561. The van der Waals surface area contributed by atoms with Crippen LogP contribution in [-0.4, -0.2) is 53.3 Å². The first-order valence-corrected chi connectivity index (χ1v) is 9.83. The van der Waals surface area contributed by atoms with Gasteiger partial charge in [-0.05, 0) is 69.4 Å². The average Bonchev–Trinajstić information content (AvgIpc) is 2.63. The van der Waals surface area contributed by atoms with Crippen LogP contribution < -0.4 is 4.74 Å². The number of likely N-dealkylation sites (tertiary alicyclic amines) is 1. The fourth-order valence-corrected chi connectivity index (χ4v) is 3.00. The Balaban J connectivity index is 0.000000527. The van der Waals surface area contributed by atoms with Gasteiger partial charge in [0.2, 0.25) is 0 Å². The van der Waals surface area contributed by atoms with Crippen LogP contribution in [0.25, 0.3) is 0 Å². The first kappa shape index (κ1) is 23.2. The van der Waals surface area contributed by atoms with E-state index in [2.05, 4.69) is 11.8 Å². The molecule has 0 spiro atoms. The molecule has 2 N–H and O–H groups in total. The van der Waals surface area contributed by atoms with E-state index < -0.39 is 11.9 Å². The summed E-state index contributed by atoms with van der Waals surface area (Å²) < 4.78 is 5.70. The van der Waals surface area contributed by atoms with Crippen LogP contribution in [0, 0.1) is 5.92 Å². The van der Waals surface area contributed by atoms with Crippen molar-refractivity contribution < 1.29 is 24.5 Å².